The van der Waals surface area contributed by atoms with Crippen LogP contribution in [0.4, 0.5) is 0 Å². The van der Waals surface area contributed by atoms with Crippen LogP contribution in [0, 0.1) is 3.57 Å². The molecule has 0 unspecified atom stereocenters. The summed E-state index contributed by atoms with van der Waals surface area (Å²) in [6.07, 6.45) is 0. The Balaban J connectivity index is 2.81. The number of halogens is 2. The molecule has 0 bridgehead atoms. The van der Waals surface area contributed by atoms with E-state index >= 15 is 0 Å². The van der Waals surface area contributed by atoms with Crippen molar-refractivity contribution >= 4 is 46.1 Å². The van der Waals surface area contributed by atoms with Gasteiger partial charge in [-0.05, 0) is 40.8 Å². The van der Waals surface area contributed by atoms with Crippen LogP contribution in [0.1, 0.15) is 10.4 Å². The van der Waals surface area contributed by atoms with Gasteiger partial charge in [-0.25, -0.2) is 0 Å². The van der Waals surface area contributed by atoms with E-state index in [4.69, 9.17) is 11.6 Å². The number of carbonyl (C=O) groups is 2. The lowest BCUT2D eigenvalue weighted by molar-refractivity contribution is -0.141. The maximum absolute atomic E-state index is 11.9. The molecule has 0 atom stereocenters. The number of ether oxygens (including phenoxy) is 1. The number of nitrogens with zero attached hydrogens (tertiary/aromatic N) is 1. The largest absolute Gasteiger partial charge is 0.468 e. The van der Waals surface area contributed by atoms with Gasteiger partial charge in [-0.15, -0.1) is 0 Å². The van der Waals surface area contributed by atoms with Crippen molar-refractivity contribution in [1.29, 1.82) is 0 Å². The van der Waals surface area contributed by atoms with E-state index in [9.17, 15) is 9.59 Å². The van der Waals surface area contributed by atoms with Gasteiger partial charge in [0.05, 0.1) is 12.1 Å². The number of likely N-dealkylation sites (N-methyl/N-ethyl adjacent to an activating group) is 1. The normalized spacial score (nSPS) is 9.88. The molecule has 4 nitrogen and oxygen atoms in total. The van der Waals surface area contributed by atoms with Gasteiger partial charge in [-0.3, -0.25) is 9.59 Å². The summed E-state index contributed by atoms with van der Waals surface area (Å²) < 4.78 is 5.36. The van der Waals surface area contributed by atoms with Gasteiger partial charge in [0, 0.05) is 16.2 Å². The van der Waals surface area contributed by atoms with Gasteiger partial charge < -0.3 is 9.64 Å². The maximum Gasteiger partial charge on any atom is 0.325 e. The molecule has 0 saturated heterocycles. The Morgan fingerprint density at radius 3 is 2.65 bits per heavy atom. The molecule has 0 saturated carbocycles. The third-order valence-corrected chi connectivity index (χ3v) is 3.68. The van der Waals surface area contributed by atoms with Crippen LogP contribution in [0.2, 0.25) is 5.02 Å². The molecular formula is C11H11ClINO3. The van der Waals surface area contributed by atoms with Crippen LogP contribution < -0.4 is 0 Å². The van der Waals surface area contributed by atoms with Crippen molar-refractivity contribution in [2.75, 3.05) is 20.7 Å². The van der Waals surface area contributed by atoms with E-state index in [0.717, 1.165) is 3.57 Å². The summed E-state index contributed by atoms with van der Waals surface area (Å²) in [5, 5.41) is 0.517. The fourth-order valence-electron chi connectivity index (χ4n) is 1.18. The molecule has 0 aliphatic carbocycles. The van der Waals surface area contributed by atoms with E-state index in [2.05, 4.69) is 27.3 Å². The molecule has 1 rings (SSSR count). The average Bonchev–Trinajstić information content (AvgIpc) is 2.31. The zero-order valence-electron chi connectivity index (χ0n) is 9.37. The van der Waals surface area contributed by atoms with Crippen molar-refractivity contribution < 1.29 is 14.3 Å². The second-order valence-corrected chi connectivity index (χ2v) is 4.94. The number of carbonyl (C=O) groups excluding carboxylic acids is 2. The molecule has 0 aliphatic heterocycles. The SMILES string of the molecule is COC(=O)CN(C)C(=O)c1ccc(I)c(Cl)c1. The molecule has 0 fully saturated rings. The summed E-state index contributed by atoms with van der Waals surface area (Å²) >= 11 is 8.00. The van der Waals surface area contributed by atoms with Crippen LogP contribution in [0.5, 0.6) is 0 Å². The topological polar surface area (TPSA) is 46.6 Å². The molecule has 0 heterocycles. The summed E-state index contributed by atoms with van der Waals surface area (Å²) in [5.74, 6) is -0.730. The number of esters is 1. The Kier molecular flexibility index (Phi) is 5.20. The molecule has 1 aromatic carbocycles. The molecule has 92 valence electrons. The molecule has 0 N–H and O–H groups in total. The third-order valence-electron chi connectivity index (χ3n) is 2.11. The van der Waals surface area contributed by atoms with E-state index in [1.165, 1.54) is 19.1 Å². The Labute approximate surface area is 118 Å². The van der Waals surface area contributed by atoms with E-state index in [0.29, 0.717) is 10.6 Å². The number of benzene rings is 1. The fourth-order valence-corrected chi connectivity index (χ4v) is 1.70. The Bertz CT molecular complexity index is 450. The second kappa shape index (κ2) is 6.20. The first-order valence-corrected chi connectivity index (χ1v) is 6.18. The molecule has 1 aromatic rings. The fraction of sp³-hybridized carbons (Fsp3) is 0.273. The van der Waals surface area contributed by atoms with Crippen molar-refractivity contribution in [1.82, 2.24) is 4.90 Å². The van der Waals surface area contributed by atoms with Crippen molar-refractivity contribution in [3.05, 3.63) is 32.4 Å². The summed E-state index contributed by atoms with van der Waals surface area (Å²) in [7, 11) is 2.81. The highest BCUT2D eigenvalue weighted by Gasteiger charge is 2.15. The number of methoxy groups -OCH3 is 1. The van der Waals surface area contributed by atoms with Crippen molar-refractivity contribution in [2.24, 2.45) is 0 Å². The standard InChI is InChI=1S/C11H11ClINO3/c1-14(6-10(15)17-2)11(16)7-3-4-9(13)8(12)5-7/h3-5H,6H2,1-2H3. The smallest absolute Gasteiger partial charge is 0.325 e. The van der Waals surface area contributed by atoms with Crippen LogP contribution in [0.15, 0.2) is 18.2 Å². The van der Waals surface area contributed by atoms with Gasteiger partial charge in [0.15, 0.2) is 0 Å². The molecule has 1 amide bonds. The minimum Gasteiger partial charge on any atom is -0.468 e. The minimum absolute atomic E-state index is 0.0844. The summed E-state index contributed by atoms with van der Waals surface area (Å²) in [4.78, 5) is 24.2. The lowest BCUT2D eigenvalue weighted by Crippen LogP contribution is -2.32. The zero-order valence-corrected chi connectivity index (χ0v) is 12.3. The average molecular weight is 368 g/mol. The first-order chi connectivity index (χ1) is 7.95. The minimum atomic E-state index is -0.461. The summed E-state index contributed by atoms with van der Waals surface area (Å²) in [6, 6.07) is 5.01. The van der Waals surface area contributed by atoms with Crippen molar-refractivity contribution in [3.63, 3.8) is 0 Å². The first kappa shape index (κ1) is 14.2. The van der Waals surface area contributed by atoms with Gasteiger partial charge >= 0.3 is 5.97 Å². The van der Waals surface area contributed by atoms with Gasteiger partial charge in [-0.1, -0.05) is 11.6 Å². The quantitative estimate of drug-likeness (QED) is 0.608. The molecule has 0 spiro atoms. The van der Waals surface area contributed by atoms with E-state index < -0.39 is 5.97 Å². The predicted molar refractivity (Wildman–Crippen MR) is 73.1 cm³/mol. The number of hydrogen-bond acceptors (Lipinski definition) is 3. The van der Waals surface area contributed by atoms with Crippen LogP contribution >= 0.6 is 34.2 Å². The zero-order chi connectivity index (χ0) is 13.0. The van der Waals surface area contributed by atoms with Crippen LogP contribution in [-0.2, 0) is 9.53 Å². The van der Waals surface area contributed by atoms with Crippen LogP contribution in [0.25, 0.3) is 0 Å². The van der Waals surface area contributed by atoms with Crippen LogP contribution in [-0.4, -0.2) is 37.5 Å². The Morgan fingerprint density at radius 2 is 2.12 bits per heavy atom. The first-order valence-electron chi connectivity index (χ1n) is 4.73. The van der Waals surface area contributed by atoms with Crippen molar-refractivity contribution in [2.45, 2.75) is 0 Å². The van der Waals surface area contributed by atoms with Gasteiger partial charge in [0.2, 0.25) is 0 Å². The van der Waals surface area contributed by atoms with E-state index in [-0.39, 0.29) is 12.5 Å². The highest BCUT2D eigenvalue weighted by Crippen LogP contribution is 2.20. The summed E-state index contributed by atoms with van der Waals surface area (Å²) in [6.45, 7) is -0.0844. The second-order valence-electron chi connectivity index (χ2n) is 3.37. The highest BCUT2D eigenvalue weighted by molar-refractivity contribution is 14.1. The van der Waals surface area contributed by atoms with E-state index in [1.807, 2.05) is 0 Å². The number of amides is 1. The monoisotopic (exact) mass is 367 g/mol. The molecule has 0 aromatic heterocycles. The van der Waals surface area contributed by atoms with E-state index in [1.54, 1.807) is 18.2 Å². The predicted octanol–water partition coefficient (Wildman–Crippen LogP) is 2.19. The highest BCUT2D eigenvalue weighted by atomic mass is 127. The lowest BCUT2D eigenvalue weighted by Gasteiger charge is -2.15. The molecular weight excluding hydrogens is 356 g/mol. The van der Waals surface area contributed by atoms with Crippen LogP contribution in [0.3, 0.4) is 0 Å². The van der Waals surface area contributed by atoms with Gasteiger partial charge in [-0.2, -0.15) is 0 Å². The summed E-state index contributed by atoms with van der Waals surface area (Å²) in [5.41, 5.74) is 0.446. The lowest BCUT2D eigenvalue weighted by atomic mass is 10.2. The van der Waals surface area contributed by atoms with Crippen molar-refractivity contribution in [3.8, 4) is 0 Å². The molecule has 6 heteroatoms. The number of rotatable bonds is 3. The van der Waals surface area contributed by atoms with Gasteiger partial charge in [0.25, 0.3) is 5.91 Å². The Hall–Kier alpha value is -0.820. The number of hydrogen-bond donors (Lipinski definition) is 0. The Morgan fingerprint density at radius 1 is 1.47 bits per heavy atom. The molecule has 0 aliphatic rings. The molecule has 0 radical (unpaired) electrons. The van der Waals surface area contributed by atoms with Gasteiger partial charge in [0.1, 0.15) is 6.54 Å². The third kappa shape index (κ3) is 3.85. The molecule has 17 heavy (non-hydrogen) atoms. The maximum atomic E-state index is 11.9.